The lowest BCUT2D eigenvalue weighted by Crippen LogP contribution is -2.36. The van der Waals surface area contributed by atoms with Crippen molar-refractivity contribution in [2.75, 3.05) is 11.9 Å². The number of amides is 1. The topological polar surface area (TPSA) is 120 Å². The van der Waals surface area contributed by atoms with Gasteiger partial charge in [0.15, 0.2) is 16.6 Å². The lowest BCUT2D eigenvalue weighted by atomic mass is 10.2. The molecule has 0 bridgehead atoms. The smallest absolute Gasteiger partial charge is 0.355 e. The van der Waals surface area contributed by atoms with E-state index in [0.717, 1.165) is 36.6 Å². The molecule has 0 radical (unpaired) electrons. The number of rotatable bonds is 7. The number of aromatic nitrogens is 5. The summed E-state index contributed by atoms with van der Waals surface area (Å²) < 4.78 is 1.96. The van der Waals surface area contributed by atoms with Gasteiger partial charge in [-0.1, -0.05) is 0 Å². The number of fused-ring (bicyclic) bond motifs is 3. The monoisotopic (exact) mass is 465 g/mol. The third-order valence-corrected chi connectivity index (χ3v) is 7.28. The van der Waals surface area contributed by atoms with E-state index >= 15 is 0 Å². The van der Waals surface area contributed by atoms with E-state index in [9.17, 15) is 14.7 Å². The fourth-order valence-corrected chi connectivity index (χ4v) is 5.24. The summed E-state index contributed by atoms with van der Waals surface area (Å²) in [7, 11) is 1.80. The van der Waals surface area contributed by atoms with Gasteiger partial charge >= 0.3 is 5.97 Å². The quantitative estimate of drug-likeness (QED) is 0.428. The van der Waals surface area contributed by atoms with Gasteiger partial charge in [-0.15, -0.1) is 11.3 Å². The molecule has 0 atom stereocenters. The Balaban J connectivity index is 1.50. The lowest BCUT2D eigenvalue weighted by Gasteiger charge is -2.22. The zero-order valence-electron chi connectivity index (χ0n) is 18.3. The van der Waals surface area contributed by atoms with E-state index in [1.54, 1.807) is 18.3 Å². The Hall–Kier alpha value is -3.47. The summed E-state index contributed by atoms with van der Waals surface area (Å²) in [5.41, 5.74) is 2.76. The molecular weight excluding hydrogens is 442 g/mol. The van der Waals surface area contributed by atoms with Crippen LogP contribution in [0, 0.1) is 0 Å². The van der Waals surface area contributed by atoms with Crippen LogP contribution in [0.1, 0.15) is 53.6 Å². The van der Waals surface area contributed by atoms with Crippen molar-refractivity contribution in [2.24, 2.45) is 0 Å². The first kappa shape index (κ1) is 20.2. The molecule has 2 aliphatic carbocycles. The molecule has 2 aliphatic rings. The maximum absolute atomic E-state index is 13.6. The van der Waals surface area contributed by atoms with Crippen molar-refractivity contribution in [3.8, 4) is 0 Å². The number of carbonyl (C=O) groups is 2. The van der Waals surface area contributed by atoms with Gasteiger partial charge in [-0.25, -0.2) is 19.7 Å². The molecule has 0 spiro atoms. The van der Waals surface area contributed by atoms with Crippen LogP contribution in [0.3, 0.4) is 0 Å². The zero-order valence-corrected chi connectivity index (χ0v) is 19.1. The molecule has 0 unspecified atom stereocenters. The number of thiazole rings is 1. The highest BCUT2D eigenvalue weighted by atomic mass is 32.1. The molecule has 6 rings (SSSR count). The van der Waals surface area contributed by atoms with Gasteiger partial charge in [-0.2, -0.15) is 0 Å². The summed E-state index contributed by atoms with van der Waals surface area (Å²) >= 11 is 1.23. The molecule has 2 N–H and O–H groups in total. The summed E-state index contributed by atoms with van der Waals surface area (Å²) in [5, 5.41) is 12.1. The Morgan fingerprint density at radius 3 is 2.58 bits per heavy atom. The maximum Gasteiger partial charge on any atom is 0.355 e. The Kier molecular flexibility index (Phi) is 4.44. The first-order valence-corrected chi connectivity index (χ1v) is 12.0. The van der Waals surface area contributed by atoms with E-state index in [1.807, 2.05) is 17.6 Å². The normalized spacial score (nSPS) is 15.9. The predicted molar refractivity (Wildman–Crippen MR) is 124 cm³/mol. The van der Waals surface area contributed by atoms with E-state index in [2.05, 4.69) is 19.9 Å². The molecule has 4 heterocycles. The van der Waals surface area contributed by atoms with Crippen LogP contribution in [0.15, 0.2) is 17.8 Å². The van der Waals surface area contributed by atoms with Gasteiger partial charge in [0, 0.05) is 36.4 Å². The van der Waals surface area contributed by atoms with E-state index < -0.39 is 5.97 Å². The second-order valence-electron chi connectivity index (χ2n) is 8.63. The van der Waals surface area contributed by atoms with Crippen molar-refractivity contribution >= 4 is 56.2 Å². The minimum absolute atomic E-state index is 0.00570. The van der Waals surface area contributed by atoms with E-state index in [1.165, 1.54) is 16.7 Å². The summed E-state index contributed by atoms with van der Waals surface area (Å²) in [6.07, 6.45) is 5.93. The number of hydrogen-bond acceptors (Lipinski definition) is 7. The van der Waals surface area contributed by atoms with Gasteiger partial charge in [0.25, 0.3) is 5.91 Å². The van der Waals surface area contributed by atoms with Crippen LogP contribution in [0.25, 0.3) is 22.1 Å². The minimum Gasteiger partial charge on any atom is -0.476 e. The van der Waals surface area contributed by atoms with Gasteiger partial charge in [-0.3, -0.25) is 4.79 Å². The summed E-state index contributed by atoms with van der Waals surface area (Å²) in [6, 6.07) is 2.65. The van der Waals surface area contributed by atoms with Gasteiger partial charge < -0.3 is 24.5 Å². The Bertz CT molecular complexity index is 1400. The van der Waals surface area contributed by atoms with Crippen molar-refractivity contribution in [3.63, 3.8) is 0 Å². The number of nitrogens with zero attached hydrogens (tertiary/aromatic N) is 6. The molecule has 0 aliphatic heterocycles. The first-order chi connectivity index (χ1) is 16.0. The second kappa shape index (κ2) is 7.27. The number of carboxylic acid groups (broad SMARTS) is 1. The number of imidazole rings is 1. The fourth-order valence-electron chi connectivity index (χ4n) is 4.47. The SMILES string of the molecule is CCn1c(C(=O)N(C2CC2)C2CC2)cc2c3nc[nH]c3c(N(C)c3nc(C(=O)O)cs3)nc21. The molecule has 4 aromatic heterocycles. The number of nitrogens with one attached hydrogen (secondary N) is 1. The number of carboxylic acids is 1. The number of aryl methyl sites for hydroxylation is 1. The zero-order chi connectivity index (χ0) is 22.9. The maximum atomic E-state index is 13.6. The van der Waals surface area contributed by atoms with E-state index in [-0.39, 0.29) is 11.6 Å². The van der Waals surface area contributed by atoms with Crippen LogP contribution in [0.4, 0.5) is 10.9 Å². The third kappa shape index (κ3) is 3.17. The van der Waals surface area contributed by atoms with E-state index in [4.69, 9.17) is 4.98 Å². The molecule has 0 saturated heterocycles. The first-order valence-electron chi connectivity index (χ1n) is 11.1. The predicted octanol–water partition coefficient (Wildman–Crippen LogP) is 3.62. The van der Waals surface area contributed by atoms with Crippen molar-refractivity contribution in [1.82, 2.24) is 29.4 Å². The largest absolute Gasteiger partial charge is 0.476 e. The number of H-pyrrole nitrogens is 1. The van der Waals surface area contributed by atoms with Crippen molar-refractivity contribution in [1.29, 1.82) is 0 Å². The van der Waals surface area contributed by atoms with Crippen molar-refractivity contribution in [3.05, 3.63) is 29.2 Å². The number of carbonyl (C=O) groups excluding carboxylic acids is 1. The molecule has 11 heteroatoms. The van der Waals surface area contributed by atoms with Crippen LogP contribution < -0.4 is 4.90 Å². The van der Waals surface area contributed by atoms with Crippen LogP contribution in [0.5, 0.6) is 0 Å². The Labute approximate surface area is 192 Å². The lowest BCUT2D eigenvalue weighted by molar-refractivity contribution is 0.0688. The molecule has 2 fully saturated rings. The van der Waals surface area contributed by atoms with Gasteiger partial charge in [-0.05, 0) is 38.7 Å². The van der Waals surface area contributed by atoms with Gasteiger partial charge in [0.2, 0.25) is 0 Å². The average Bonchev–Trinajstić information content (AvgIpc) is 3.66. The summed E-state index contributed by atoms with van der Waals surface area (Å²) in [4.78, 5) is 45.6. The summed E-state index contributed by atoms with van der Waals surface area (Å²) in [6.45, 7) is 2.61. The minimum atomic E-state index is -1.07. The molecule has 0 aromatic carbocycles. The van der Waals surface area contributed by atoms with Crippen LogP contribution in [-0.4, -0.2) is 65.5 Å². The van der Waals surface area contributed by atoms with E-state index in [0.29, 0.717) is 46.4 Å². The fraction of sp³-hybridized carbons (Fsp3) is 0.409. The number of pyridine rings is 1. The van der Waals surface area contributed by atoms with Crippen LogP contribution in [-0.2, 0) is 6.54 Å². The second-order valence-corrected chi connectivity index (χ2v) is 9.46. The van der Waals surface area contributed by atoms with Crippen LogP contribution in [0.2, 0.25) is 0 Å². The third-order valence-electron chi connectivity index (χ3n) is 6.36. The molecule has 2 saturated carbocycles. The molecule has 10 nitrogen and oxygen atoms in total. The molecule has 1 amide bonds. The number of aromatic carboxylic acids is 1. The number of aromatic amines is 1. The highest BCUT2D eigenvalue weighted by Gasteiger charge is 2.43. The van der Waals surface area contributed by atoms with Crippen LogP contribution >= 0.6 is 11.3 Å². The molecule has 4 aromatic rings. The number of hydrogen-bond donors (Lipinski definition) is 2. The summed E-state index contributed by atoms with van der Waals surface area (Å²) in [5.74, 6) is -0.418. The highest BCUT2D eigenvalue weighted by Crippen LogP contribution is 2.40. The Morgan fingerprint density at radius 1 is 1.24 bits per heavy atom. The van der Waals surface area contributed by atoms with Gasteiger partial charge in [0.05, 0.1) is 6.33 Å². The van der Waals surface area contributed by atoms with Crippen molar-refractivity contribution in [2.45, 2.75) is 51.2 Å². The molecular formula is C22H23N7O3S. The molecule has 170 valence electrons. The standard InChI is InChI=1S/C22H23N7O3S/c1-3-28-15(20(30)29(11-4-5-11)12-6-7-12)8-13-16-17(24-10-23-16)19(26-18(13)28)27(2)22-25-14(9-33-22)21(31)32/h8-12H,3-7H2,1-2H3,(H,23,24)(H,31,32). The highest BCUT2D eigenvalue weighted by molar-refractivity contribution is 7.14. The Morgan fingerprint density at radius 2 is 1.97 bits per heavy atom. The molecule has 33 heavy (non-hydrogen) atoms. The number of anilines is 2. The van der Waals surface area contributed by atoms with Gasteiger partial charge in [0.1, 0.15) is 22.4 Å². The van der Waals surface area contributed by atoms with Crippen molar-refractivity contribution < 1.29 is 14.7 Å². The average molecular weight is 466 g/mol.